The fraction of sp³-hybridized carbons (Fsp3) is 0.150. The molecule has 0 aliphatic carbocycles. The summed E-state index contributed by atoms with van der Waals surface area (Å²) in [5, 5.41) is 7.19. The Morgan fingerprint density at radius 3 is 2.58 bits per heavy atom. The molecule has 0 bridgehead atoms. The van der Waals surface area contributed by atoms with Crippen LogP contribution in [0.25, 0.3) is 0 Å². The lowest BCUT2D eigenvalue weighted by Gasteiger charge is -2.23. The van der Waals surface area contributed by atoms with Crippen molar-refractivity contribution in [1.29, 1.82) is 0 Å². The molecule has 3 rings (SSSR count). The lowest BCUT2D eigenvalue weighted by Crippen LogP contribution is -2.31. The zero-order valence-corrected chi connectivity index (χ0v) is 16.9. The number of hydrogen-bond donors (Lipinski definition) is 2. The van der Waals surface area contributed by atoms with Gasteiger partial charge in [0, 0.05) is 17.3 Å². The maximum absolute atomic E-state index is 12.9. The fourth-order valence-electron chi connectivity index (χ4n) is 2.87. The summed E-state index contributed by atoms with van der Waals surface area (Å²) < 4.78 is 44.0. The van der Waals surface area contributed by atoms with Crippen LogP contribution >= 0.6 is 11.6 Å². The number of allylic oxidation sites excluding steroid dienone is 1. The molecule has 1 aliphatic heterocycles. The highest BCUT2D eigenvalue weighted by Gasteiger charge is 2.33. The van der Waals surface area contributed by atoms with E-state index in [1.807, 2.05) is 0 Å². The number of halogens is 4. The standard InChI is InChI=1S/C20H16ClF3N4O3/c1-28(10-14(21)9-26-28)16-8-15(5-6-17(16)31-11-18(25)29)27-19(30)12-3-2-4-13(7-12)20(22,23)24/h2-10H,11H2,1H3,(H2-,25,27,29,30)/p+1. The van der Waals surface area contributed by atoms with Gasteiger partial charge in [-0.1, -0.05) is 22.8 Å². The van der Waals surface area contributed by atoms with Crippen LogP contribution in [0.2, 0.25) is 0 Å². The highest BCUT2D eigenvalue weighted by Crippen LogP contribution is 2.38. The van der Waals surface area contributed by atoms with Gasteiger partial charge in [-0.3, -0.25) is 9.59 Å². The Kier molecular flexibility index (Phi) is 6.05. The first-order chi connectivity index (χ1) is 14.5. The van der Waals surface area contributed by atoms with Crippen molar-refractivity contribution in [2.75, 3.05) is 19.0 Å². The van der Waals surface area contributed by atoms with Crippen LogP contribution in [0.5, 0.6) is 5.75 Å². The first-order valence-corrected chi connectivity index (χ1v) is 9.20. The van der Waals surface area contributed by atoms with Gasteiger partial charge in [-0.2, -0.15) is 13.2 Å². The number of carbonyl (C=O) groups is 2. The van der Waals surface area contributed by atoms with Gasteiger partial charge in [0.2, 0.25) is 5.69 Å². The minimum Gasteiger partial charge on any atom is -0.477 e. The monoisotopic (exact) mass is 453 g/mol. The van der Waals surface area contributed by atoms with Crippen molar-refractivity contribution < 1.29 is 27.5 Å². The molecule has 1 aliphatic rings. The SMILES string of the molecule is C[N+]1(c2cc(NC(=O)c3cccc(C(F)(F)F)c3)ccc2OCC(N)=O)C=C(Cl)C=N1. The first kappa shape index (κ1) is 22.3. The molecule has 11 heteroatoms. The normalized spacial score (nSPS) is 17.9. The summed E-state index contributed by atoms with van der Waals surface area (Å²) in [4.78, 5) is 23.6. The fourth-order valence-corrected chi connectivity index (χ4v) is 3.11. The molecule has 1 atom stereocenters. The summed E-state index contributed by atoms with van der Waals surface area (Å²) >= 11 is 6.00. The van der Waals surface area contributed by atoms with Crippen molar-refractivity contribution in [2.45, 2.75) is 6.18 Å². The molecule has 0 saturated heterocycles. The number of primary amides is 1. The zero-order valence-electron chi connectivity index (χ0n) is 16.1. The highest BCUT2D eigenvalue weighted by atomic mass is 35.5. The van der Waals surface area contributed by atoms with Gasteiger partial charge in [0.05, 0.1) is 5.56 Å². The minimum absolute atomic E-state index is 0.159. The number of ether oxygens (including phenoxy) is 1. The Labute approximate surface area is 180 Å². The molecule has 1 heterocycles. The average Bonchev–Trinajstić information content (AvgIpc) is 3.06. The van der Waals surface area contributed by atoms with Gasteiger partial charge < -0.3 is 15.8 Å². The number of nitrogens with two attached hydrogens (primary N) is 1. The van der Waals surface area contributed by atoms with Crippen LogP contribution in [0.4, 0.5) is 24.5 Å². The summed E-state index contributed by atoms with van der Waals surface area (Å²) in [6, 6.07) is 8.56. The number of quaternary nitrogens is 1. The van der Waals surface area contributed by atoms with Crippen LogP contribution in [0, 0.1) is 0 Å². The molecule has 0 aromatic heterocycles. The van der Waals surface area contributed by atoms with Crippen LogP contribution < -0.4 is 20.4 Å². The lowest BCUT2D eigenvalue weighted by atomic mass is 10.1. The summed E-state index contributed by atoms with van der Waals surface area (Å²) in [7, 11) is 1.68. The lowest BCUT2D eigenvalue weighted by molar-refractivity contribution is -0.137. The predicted molar refractivity (Wildman–Crippen MR) is 111 cm³/mol. The Balaban J connectivity index is 1.92. The van der Waals surface area contributed by atoms with E-state index in [1.165, 1.54) is 30.5 Å². The number of benzene rings is 2. The van der Waals surface area contributed by atoms with Gasteiger partial charge in [0.15, 0.2) is 12.4 Å². The van der Waals surface area contributed by atoms with Crippen LogP contribution in [0.15, 0.2) is 58.8 Å². The molecule has 1 unspecified atom stereocenters. The molecule has 0 spiro atoms. The van der Waals surface area contributed by atoms with Crippen LogP contribution in [-0.2, 0) is 11.0 Å². The number of carbonyl (C=O) groups excluding carboxylic acids is 2. The second-order valence-corrected chi connectivity index (χ2v) is 7.19. The third kappa shape index (κ3) is 5.22. The van der Waals surface area contributed by atoms with Gasteiger partial charge in [-0.05, 0) is 30.3 Å². The maximum Gasteiger partial charge on any atom is 0.416 e. The number of nitrogens with one attached hydrogen (secondary N) is 1. The van der Waals surface area contributed by atoms with Gasteiger partial charge in [0.1, 0.15) is 24.5 Å². The molecule has 0 radical (unpaired) electrons. The van der Waals surface area contributed by atoms with E-state index in [0.29, 0.717) is 10.7 Å². The molecule has 7 nitrogen and oxygen atoms in total. The molecule has 2 amide bonds. The average molecular weight is 454 g/mol. The van der Waals surface area contributed by atoms with E-state index < -0.39 is 23.6 Å². The smallest absolute Gasteiger partial charge is 0.416 e. The summed E-state index contributed by atoms with van der Waals surface area (Å²) in [6.45, 7) is -0.385. The topological polar surface area (TPSA) is 93.8 Å². The summed E-state index contributed by atoms with van der Waals surface area (Å²) in [5.41, 5.74) is 4.73. The second kappa shape index (κ2) is 8.40. The van der Waals surface area contributed by atoms with E-state index in [4.69, 9.17) is 22.1 Å². The molecule has 162 valence electrons. The first-order valence-electron chi connectivity index (χ1n) is 8.82. The Hall–Kier alpha value is -3.37. The molecule has 31 heavy (non-hydrogen) atoms. The molecule has 2 aromatic rings. The number of anilines is 1. The Morgan fingerprint density at radius 2 is 1.97 bits per heavy atom. The molecule has 3 N–H and O–H groups in total. The number of amides is 2. The van der Waals surface area contributed by atoms with Gasteiger partial charge in [-0.25, -0.2) is 0 Å². The third-order valence-corrected chi connectivity index (χ3v) is 4.52. The maximum atomic E-state index is 12.9. The Bertz CT molecular complexity index is 1100. The predicted octanol–water partition coefficient (Wildman–Crippen LogP) is 3.84. The number of alkyl halides is 3. The number of nitrogens with zero attached hydrogens (tertiary/aromatic N) is 2. The summed E-state index contributed by atoms with van der Waals surface area (Å²) in [6.07, 6.45) is -1.55. The molecule has 0 fully saturated rings. The van der Waals surface area contributed by atoms with E-state index in [1.54, 1.807) is 13.2 Å². The minimum atomic E-state index is -4.57. The molecule has 2 aromatic carbocycles. The van der Waals surface area contributed by atoms with Crippen LogP contribution in [0.1, 0.15) is 15.9 Å². The van der Waals surface area contributed by atoms with Gasteiger partial charge in [-0.15, -0.1) is 4.59 Å². The largest absolute Gasteiger partial charge is 0.477 e. The highest BCUT2D eigenvalue weighted by molar-refractivity contribution is 6.39. The van der Waals surface area contributed by atoms with E-state index in [9.17, 15) is 22.8 Å². The molecular formula is C20H17ClF3N4O3+. The number of rotatable bonds is 6. The van der Waals surface area contributed by atoms with Gasteiger partial charge in [0.25, 0.3) is 11.8 Å². The van der Waals surface area contributed by atoms with Crippen molar-refractivity contribution in [3.63, 3.8) is 0 Å². The summed E-state index contributed by atoms with van der Waals surface area (Å²) in [5.74, 6) is -1.16. The van der Waals surface area contributed by atoms with Crippen molar-refractivity contribution in [3.8, 4) is 5.75 Å². The zero-order chi connectivity index (χ0) is 22.8. The quantitative estimate of drug-likeness (QED) is 0.651. The van der Waals surface area contributed by atoms with Gasteiger partial charge >= 0.3 is 6.18 Å². The third-order valence-electron chi connectivity index (χ3n) is 4.32. The van der Waals surface area contributed by atoms with Crippen LogP contribution in [0.3, 0.4) is 0 Å². The van der Waals surface area contributed by atoms with E-state index >= 15 is 0 Å². The van der Waals surface area contributed by atoms with Crippen molar-refractivity contribution in [3.05, 3.63) is 64.8 Å². The second-order valence-electron chi connectivity index (χ2n) is 6.76. The number of hydrogen-bond acceptors (Lipinski definition) is 4. The molecule has 0 saturated carbocycles. The van der Waals surface area contributed by atoms with E-state index in [2.05, 4.69) is 10.4 Å². The van der Waals surface area contributed by atoms with Crippen LogP contribution in [-0.4, -0.2) is 31.7 Å². The van der Waals surface area contributed by atoms with E-state index in [0.717, 1.165) is 18.2 Å². The Morgan fingerprint density at radius 1 is 1.23 bits per heavy atom. The van der Waals surface area contributed by atoms with Crippen molar-refractivity contribution in [1.82, 2.24) is 4.59 Å². The van der Waals surface area contributed by atoms with Crippen molar-refractivity contribution in [2.24, 2.45) is 10.8 Å². The molecular weight excluding hydrogens is 437 g/mol. The van der Waals surface area contributed by atoms with Crippen molar-refractivity contribution >= 4 is 41.0 Å². The van der Waals surface area contributed by atoms with E-state index in [-0.39, 0.29) is 28.2 Å².